The van der Waals surface area contributed by atoms with Crippen molar-refractivity contribution < 1.29 is 4.79 Å². The van der Waals surface area contributed by atoms with Gasteiger partial charge < -0.3 is 20.9 Å². The van der Waals surface area contributed by atoms with Crippen LogP contribution in [0, 0.1) is 0 Å². The monoisotopic (exact) mass is 389 g/mol. The fourth-order valence-corrected chi connectivity index (χ4v) is 3.26. The van der Waals surface area contributed by atoms with Gasteiger partial charge in [-0.1, -0.05) is 0 Å². The number of amides is 1. The highest BCUT2D eigenvalue weighted by Gasteiger charge is 2.12. The molecule has 0 aliphatic carbocycles. The molecule has 0 unspecified atom stereocenters. The average Bonchev–Trinajstić information content (AvgIpc) is 3.25. The minimum absolute atomic E-state index is 0.106. The first-order valence-corrected chi connectivity index (χ1v) is 9.62. The molecule has 0 spiro atoms. The van der Waals surface area contributed by atoms with Crippen molar-refractivity contribution in [3.8, 4) is 0 Å². The second-order valence-corrected chi connectivity index (χ2v) is 6.91. The van der Waals surface area contributed by atoms with Crippen molar-refractivity contribution in [1.82, 2.24) is 15.2 Å². The third kappa shape index (κ3) is 4.98. The molecule has 29 heavy (non-hydrogen) atoms. The van der Waals surface area contributed by atoms with E-state index in [0.29, 0.717) is 11.8 Å². The summed E-state index contributed by atoms with van der Waals surface area (Å²) in [5.74, 6) is 0.882. The van der Waals surface area contributed by atoms with Crippen LogP contribution in [0.15, 0.2) is 54.7 Å². The molecule has 148 valence electrons. The molecule has 0 radical (unpaired) electrons. The lowest BCUT2D eigenvalue weighted by atomic mass is 10.2. The van der Waals surface area contributed by atoms with Crippen molar-refractivity contribution in [3.63, 3.8) is 0 Å². The molecule has 8 nitrogen and oxygen atoms in total. The van der Waals surface area contributed by atoms with Crippen molar-refractivity contribution in [1.29, 1.82) is 0 Å². The SMILES string of the molecule is CC(=O)Nc1ccc(Nc2nncc(Nc3ccc(N4CCCC4)cc3)n2)cc1. The van der Waals surface area contributed by atoms with Crippen LogP contribution < -0.4 is 20.9 Å². The quantitative estimate of drug-likeness (QED) is 0.588. The van der Waals surface area contributed by atoms with Gasteiger partial charge in [0.15, 0.2) is 5.82 Å². The third-order valence-corrected chi connectivity index (χ3v) is 4.63. The molecule has 1 aliphatic rings. The highest BCUT2D eigenvalue weighted by Crippen LogP contribution is 2.24. The van der Waals surface area contributed by atoms with Crippen LogP contribution in [0.1, 0.15) is 19.8 Å². The van der Waals surface area contributed by atoms with Gasteiger partial charge in [-0.05, 0) is 61.4 Å². The topological polar surface area (TPSA) is 95.1 Å². The molecular weight excluding hydrogens is 366 g/mol. The van der Waals surface area contributed by atoms with Crippen LogP contribution in [0.25, 0.3) is 0 Å². The predicted molar refractivity (Wildman–Crippen MR) is 115 cm³/mol. The Hall–Kier alpha value is -3.68. The second-order valence-electron chi connectivity index (χ2n) is 6.91. The van der Waals surface area contributed by atoms with Crippen molar-refractivity contribution in [2.24, 2.45) is 0 Å². The van der Waals surface area contributed by atoms with Gasteiger partial charge in [-0.3, -0.25) is 4.79 Å². The molecule has 2 aromatic carbocycles. The number of benzene rings is 2. The van der Waals surface area contributed by atoms with Crippen molar-refractivity contribution in [2.45, 2.75) is 19.8 Å². The summed E-state index contributed by atoms with van der Waals surface area (Å²) in [6, 6.07) is 15.6. The van der Waals surface area contributed by atoms with Gasteiger partial charge in [-0.2, -0.15) is 10.1 Å². The summed E-state index contributed by atoms with van der Waals surface area (Å²) in [5.41, 5.74) is 3.72. The lowest BCUT2D eigenvalue weighted by molar-refractivity contribution is -0.114. The highest BCUT2D eigenvalue weighted by molar-refractivity contribution is 5.88. The van der Waals surface area contributed by atoms with Crippen LogP contribution in [-0.2, 0) is 4.79 Å². The van der Waals surface area contributed by atoms with E-state index in [-0.39, 0.29) is 5.91 Å². The number of nitrogens with zero attached hydrogens (tertiary/aromatic N) is 4. The third-order valence-electron chi connectivity index (χ3n) is 4.63. The molecule has 4 rings (SSSR count). The lowest BCUT2D eigenvalue weighted by Crippen LogP contribution is -2.17. The highest BCUT2D eigenvalue weighted by atomic mass is 16.1. The van der Waals surface area contributed by atoms with Gasteiger partial charge in [0, 0.05) is 42.8 Å². The summed E-state index contributed by atoms with van der Waals surface area (Å²) in [6.45, 7) is 3.73. The maximum Gasteiger partial charge on any atom is 0.249 e. The Bertz CT molecular complexity index is 967. The van der Waals surface area contributed by atoms with E-state index >= 15 is 0 Å². The zero-order chi connectivity index (χ0) is 20.1. The van der Waals surface area contributed by atoms with Gasteiger partial charge in [0.1, 0.15) is 0 Å². The van der Waals surface area contributed by atoms with Crippen molar-refractivity contribution >= 4 is 40.4 Å². The molecule has 2 heterocycles. The molecule has 1 saturated heterocycles. The Morgan fingerprint density at radius 1 is 0.897 bits per heavy atom. The number of rotatable bonds is 6. The number of hydrogen-bond donors (Lipinski definition) is 3. The standard InChI is InChI=1S/C21H23N7O/c1-15(29)23-16-4-6-18(7-5-16)25-21-26-20(14-22-27-21)24-17-8-10-19(11-9-17)28-12-2-3-13-28/h4-11,14H,2-3,12-13H2,1H3,(H,23,29)(H2,24,25,26,27). The summed E-state index contributed by atoms with van der Waals surface area (Å²) in [6.07, 6.45) is 4.11. The Labute approximate surface area is 169 Å². The number of carbonyl (C=O) groups excluding carboxylic acids is 1. The van der Waals surface area contributed by atoms with Crippen LogP contribution in [-0.4, -0.2) is 34.2 Å². The summed E-state index contributed by atoms with van der Waals surface area (Å²) < 4.78 is 0. The molecule has 0 atom stereocenters. The van der Waals surface area contributed by atoms with Crippen LogP contribution in [0.4, 0.5) is 34.5 Å². The van der Waals surface area contributed by atoms with Crippen LogP contribution in [0.5, 0.6) is 0 Å². The maximum atomic E-state index is 11.1. The van der Waals surface area contributed by atoms with E-state index in [0.717, 1.165) is 30.2 Å². The number of hydrogen-bond acceptors (Lipinski definition) is 7. The predicted octanol–water partition coefficient (Wildman–Crippen LogP) is 3.92. The van der Waals surface area contributed by atoms with E-state index in [4.69, 9.17) is 0 Å². The van der Waals surface area contributed by atoms with Crippen molar-refractivity contribution in [2.75, 3.05) is 33.9 Å². The zero-order valence-electron chi connectivity index (χ0n) is 16.2. The first-order valence-electron chi connectivity index (χ1n) is 9.62. The molecule has 1 aliphatic heterocycles. The van der Waals surface area contributed by atoms with Gasteiger partial charge in [0.05, 0.1) is 6.20 Å². The number of aromatic nitrogens is 3. The maximum absolute atomic E-state index is 11.1. The first kappa shape index (κ1) is 18.7. The van der Waals surface area contributed by atoms with Crippen LogP contribution in [0.2, 0.25) is 0 Å². The molecule has 1 aromatic heterocycles. The molecule has 3 N–H and O–H groups in total. The summed E-state index contributed by atoms with van der Waals surface area (Å²) >= 11 is 0. The summed E-state index contributed by atoms with van der Waals surface area (Å²) in [7, 11) is 0. The molecule has 1 fully saturated rings. The van der Waals surface area contributed by atoms with Gasteiger partial charge in [0.2, 0.25) is 11.9 Å². The molecular formula is C21H23N7O. The zero-order valence-corrected chi connectivity index (χ0v) is 16.2. The van der Waals surface area contributed by atoms with E-state index in [1.165, 1.54) is 25.5 Å². The second kappa shape index (κ2) is 8.55. The molecule has 0 saturated carbocycles. The fourth-order valence-electron chi connectivity index (χ4n) is 3.26. The molecule has 8 heteroatoms. The van der Waals surface area contributed by atoms with Gasteiger partial charge in [0.25, 0.3) is 0 Å². The lowest BCUT2D eigenvalue weighted by Gasteiger charge is -2.17. The van der Waals surface area contributed by atoms with E-state index in [1.807, 2.05) is 24.3 Å². The van der Waals surface area contributed by atoms with Crippen LogP contribution in [0.3, 0.4) is 0 Å². The van der Waals surface area contributed by atoms with Crippen LogP contribution >= 0.6 is 0 Å². The number of carbonyl (C=O) groups is 1. The Morgan fingerprint density at radius 2 is 1.52 bits per heavy atom. The molecule has 3 aromatic rings. The first-order chi connectivity index (χ1) is 14.2. The minimum Gasteiger partial charge on any atom is -0.372 e. The van der Waals surface area contributed by atoms with Gasteiger partial charge >= 0.3 is 0 Å². The average molecular weight is 389 g/mol. The van der Waals surface area contributed by atoms with E-state index < -0.39 is 0 Å². The Kier molecular flexibility index (Phi) is 5.51. The normalized spacial score (nSPS) is 13.2. The summed E-state index contributed by atoms with van der Waals surface area (Å²) in [5, 5.41) is 17.1. The van der Waals surface area contributed by atoms with Gasteiger partial charge in [-0.15, -0.1) is 5.10 Å². The molecule has 1 amide bonds. The summed E-state index contributed by atoms with van der Waals surface area (Å²) in [4.78, 5) is 18.0. The number of anilines is 6. The number of nitrogens with one attached hydrogen (secondary N) is 3. The fraction of sp³-hybridized carbons (Fsp3) is 0.238. The van der Waals surface area contributed by atoms with Gasteiger partial charge in [-0.25, -0.2) is 0 Å². The Balaban J connectivity index is 1.40. The van der Waals surface area contributed by atoms with E-state index in [1.54, 1.807) is 18.3 Å². The minimum atomic E-state index is -0.106. The van der Waals surface area contributed by atoms with E-state index in [9.17, 15) is 4.79 Å². The smallest absolute Gasteiger partial charge is 0.249 e. The van der Waals surface area contributed by atoms with Crippen molar-refractivity contribution in [3.05, 3.63) is 54.7 Å². The largest absolute Gasteiger partial charge is 0.372 e. The van der Waals surface area contributed by atoms with E-state index in [2.05, 4.69) is 48.2 Å². The molecule has 0 bridgehead atoms. The Morgan fingerprint density at radius 3 is 2.21 bits per heavy atom.